The molecule has 0 radical (unpaired) electrons. The summed E-state index contributed by atoms with van der Waals surface area (Å²) < 4.78 is 5.40. The summed E-state index contributed by atoms with van der Waals surface area (Å²) in [5.41, 5.74) is 0.705. The van der Waals surface area contributed by atoms with Gasteiger partial charge in [0.1, 0.15) is 0 Å². The van der Waals surface area contributed by atoms with Gasteiger partial charge in [-0.15, -0.1) is 0 Å². The Bertz CT molecular complexity index is 1240. The van der Waals surface area contributed by atoms with Crippen LogP contribution in [0, 0.1) is 10.1 Å². The molecule has 4 aromatic rings. The predicted octanol–water partition coefficient (Wildman–Crippen LogP) is 4.39. The number of esters is 1. The van der Waals surface area contributed by atoms with Gasteiger partial charge in [0.25, 0.3) is 0 Å². The Hall–Kier alpha value is -3.95. The minimum absolute atomic E-state index is 0.351. The Balaban J connectivity index is 2.29. The lowest BCUT2D eigenvalue weighted by atomic mass is 9.95. The number of nitro groups is 1. The summed E-state index contributed by atoms with van der Waals surface area (Å²) in [7, 11) is 1.34. The van der Waals surface area contributed by atoms with Crippen molar-refractivity contribution in [2.45, 2.75) is 5.92 Å². The van der Waals surface area contributed by atoms with Crippen molar-refractivity contribution in [2.24, 2.45) is 0 Å². The van der Waals surface area contributed by atoms with E-state index in [9.17, 15) is 14.9 Å². The molecule has 0 N–H and O–H groups in total. The number of hydrogen-bond acceptors (Lipinski definition) is 4. The minimum atomic E-state index is -2.88. The first kappa shape index (κ1) is 24.2. The number of methoxy groups -OCH3 is 1. The summed E-state index contributed by atoms with van der Waals surface area (Å²) in [5, 5.41) is 15.2. The second kappa shape index (κ2) is 11.0. The van der Waals surface area contributed by atoms with Crippen LogP contribution in [0.3, 0.4) is 0 Å². The van der Waals surface area contributed by atoms with Gasteiger partial charge in [-0.05, 0) is 28.4 Å². The maximum absolute atomic E-state index is 13.8. The van der Waals surface area contributed by atoms with Crippen LogP contribution in [0.25, 0.3) is 0 Å². The average molecular weight is 484 g/mol. The average Bonchev–Trinajstić information content (AvgIpc) is 2.92. The maximum Gasteiger partial charge on any atom is 0.335 e. The van der Waals surface area contributed by atoms with E-state index in [1.165, 1.54) is 7.11 Å². The van der Waals surface area contributed by atoms with Gasteiger partial charge in [-0.3, -0.25) is 10.1 Å². The van der Waals surface area contributed by atoms with Gasteiger partial charge in [0, 0.05) is 4.92 Å². The van der Waals surface area contributed by atoms with Crippen molar-refractivity contribution in [2.75, 3.05) is 13.7 Å². The fourth-order valence-electron chi connectivity index (χ4n) is 4.62. The van der Waals surface area contributed by atoms with Gasteiger partial charge in [0.05, 0.1) is 18.3 Å². The first-order valence-corrected chi connectivity index (χ1v) is 13.1. The van der Waals surface area contributed by atoms with Crippen LogP contribution in [0.2, 0.25) is 0 Å². The molecule has 6 heteroatoms. The van der Waals surface area contributed by atoms with Gasteiger partial charge in [-0.2, -0.15) is 0 Å². The number of nitrogens with zero attached hydrogens (tertiary/aromatic N) is 1. The molecule has 0 spiro atoms. The van der Waals surface area contributed by atoms with E-state index in [-0.39, 0.29) is 4.92 Å². The molecule has 0 aliphatic heterocycles. The summed E-state index contributed by atoms with van der Waals surface area (Å²) >= 11 is 0. The lowest BCUT2D eigenvalue weighted by Gasteiger charge is -2.34. The molecular formula is C29H26NO4P. The molecule has 176 valence electrons. The molecule has 35 heavy (non-hydrogen) atoms. The summed E-state index contributed by atoms with van der Waals surface area (Å²) in [6.45, 7) is -3.30. The first-order valence-electron chi connectivity index (χ1n) is 11.3. The molecule has 0 aliphatic carbocycles. The van der Waals surface area contributed by atoms with Crippen LogP contribution in [-0.2, 0) is 9.53 Å². The van der Waals surface area contributed by atoms with Crippen LogP contribution in [0.5, 0.6) is 0 Å². The molecule has 1 atom stereocenters. The van der Waals surface area contributed by atoms with Gasteiger partial charge in [0.15, 0.2) is 0 Å². The zero-order valence-electron chi connectivity index (χ0n) is 19.4. The molecule has 0 amide bonds. The molecule has 4 aromatic carbocycles. The lowest BCUT2D eigenvalue weighted by Crippen LogP contribution is -2.39. The first-order chi connectivity index (χ1) is 17.1. The van der Waals surface area contributed by atoms with Gasteiger partial charge < -0.3 is 4.74 Å². The highest BCUT2D eigenvalue weighted by Crippen LogP contribution is 2.49. The Kier molecular flexibility index (Phi) is 7.59. The van der Waals surface area contributed by atoms with E-state index in [0.29, 0.717) is 10.9 Å². The van der Waals surface area contributed by atoms with Crippen LogP contribution in [0.4, 0.5) is 0 Å². The fraction of sp³-hybridized carbons (Fsp3) is 0.103. The Morgan fingerprint density at radius 2 is 1.11 bits per heavy atom. The van der Waals surface area contributed by atoms with Crippen LogP contribution in [0.15, 0.2) is 121 Å². The number of carbonyl (C=O) groups excluding carboxylic acids is 1. The smallest absolute Gasteiger partial charge is 0.335 e. The van der Waals surface area contributed by atoms with Gasteiger partial charge in [-0.1, -0.05) is 121 Å². The number of benzene rings is 4. The second-order valence-corrected chi connectivity index (χ2v) is 11.4. The van der Waals surface area contributed by atoms with Crippen LogP contribution in [-0.4, -0.2) is 29.8 Å². The van der Waals surface area contributed by atoms with Crippen molar-refractivity contribution < 1.29 is 14.5 Å². The molecule has 5 nitrogen and oxygen atoms in total. The summed E-state index contributed by atoms with van der Waals surface area (Å²) in [4.78, 5) is 25.5. The molecule has 4 rings (SSSR count). The number of carbonyl (C=O) groups is 1. The van der Waals surface area contributed by atoms with E-state index in [1.807, 2.05) is 121 Å². The highest BCUT2D eigenvalue weighted by atomic mass is 31.2. The molecule has 0 unspecified atom stereocenters. The van der Waals surface area contributed by atoms with E-state index >= 15 is 0 Å². The molecular weight excluding hydrogens is 457 g/mol. The van der Waals surface area contributed by atoms with Crippen molar-refractivity contribution >= 4 is 34.1 Å². The van der Waals surface area contributed by atoms with E-state index in [1.54, 1.807) is 0 Å². The Morgan fingerprint density at radius 1 is 0.743 bits per heavy atom. The Morgan fingerprint density at radius 3 is 1.46 bits per heavy atom. The fourth-order valence-corrected chi connectivity index (χ4v) is 9.27. The van der Waals surface area contributed by atoms with E-state index < -0.39 is 25.3 Å². The van der Waals surface area contributed by atoms with Crippen molar-refractivity contribution in [3.8, 4) is 0 Å². The third-order valence-corrected chi connectivity index (χ3v) is 10.5. The van der Waals surface area contributed by atoms with Crippen LogP contribution >= 0.6 is 6.89 Å². The predicted molar refractivity (Wildman–Crippen MR) is 143 cm³/mol. The van der Waals surface area contributed by atoms with Crippen molar-refractivity contribution in [3.05, 3.63) is 137 Å². The number of rotatable bonds is 8. The van der Waals surface area contributed by atoms with E-state index in [2.05, 4.69) is 0 Å². The highest BCUT2D eigenvalue weighted by Gasteiger charge is 2.40. The van der Waals surface area contributed by atoms with Gasteiger partial charge in [0.2, 0.25) is 6.54 Å². The highest BCUT2D eigenvalue weighted by molar-refractivity contribution is 7.96. The lowest BCUT2D eigenvalue weighted by molar-refractivity contribution is -0.480. The van der Waals surface area contributed by atoms with Gasteiger partial charge in [-0.25, -0.2) is 4.79 Å². The summed E-state index contributed by atoms with van der Waals surface area (Å²) in [6.07, 6.45) is 0. The zero-order chi connectivity index (χ0) is 24.7. The molecule has 0 bridgehead atoms. The third kappa shape index (κ3) is 4.82. The molecule has 0 aliphatic rings. The number of ether oxygens (including phenoxy) is 1. The molecule has 0 saturated heterocycles. The normalized spacial score (nSPS) is 11.9. The second-order valence-electron chi connectivity index (χ2n) is 8.03. The molecule has 0 heterocycles. The zero-order valence-corrected chi connectivity index (χ0v) is 20.3. The largest absolute Gasteiger partial charge is 0.466 e. The third-order valence-electron chi connectivity index (χ3n) is 6.05. The number of hydrogen-bond donors (Lipinski definition) is 0. The van der Waals surface area contributed by atoms with E-state index in [4.69, 9.17) is 4.74 Å². The van der Waals surface area contributed by atoms with E-state index in [0.717, 1.165) is 15.9 Å². The SMILES string of the molecule is COC(=O)C([C@@H](C[N+](=O)[O-])c1ccccc1)=P(c1ccccc1)(c1ccccc1)c1ccccc1. The van der Waals surface area contributed by atoms with Crippen molar-refractivity contribution in [1.82, 2.24) is 0 Å². The van der Waals surface area contributed by atoms with Crippen molar-refractivity contribution in [3.63, 3.8) is 0 Å². The topological polar surface area (TPSA) is 69.4 Å². The Labute approximate surface area is 205 Å². The summed E-state index contributed by atoms with van der Waals surface area (Å²) in [5.74, 6) is -1.32. The standard InChI is InChI=1S/C29H26NO4P/c1-34-29(31)28(27(22-30(32)33)23-14-6-2-7-15-23)35(24-16-8-3-9-17-24,25-18-10-4-11-19-25)26-20-12-5-13-21-26/h2-21,27H,22H2,1H3/t27-/m0/s1. The van der Waals surface area contributed by atoms with Crippen molar-refractivity contribution in [1.29, 1.82) is 0 Å². The molecule has 0 aromatic heterocycles. The monoisotopic (exact) mass is 483 g/mol. The van der Waals surface area contributed by atoms with Gasteiger partial charge >= 0.3 is 5.97 Å². The minimum Gasteiger partial charge on any atom is -0.466 e. The quantitative estimate of drug-likeness (QED) is 0.161. The van der Waals surface area contributed by atoms with Crippen LogP contribution < -0.4 is 15.9 Å². The molecule has 0 fully saturated rings. The summed E-state index contributed by atoms with van der Waals surface area (Å²) in [6, 6.07) is 38.7. The molecule has 0 saturated carbocycles. The maximum atomic E-state index is 13.8. The van der Waals surface area contributed by atoms with Crippen LogP contribution in [0.1, 0.15) is 11.5 Å².